The van der Waals surface area contributed by atoms with Gasteiger partial charge in [-0.2, -0.15) is 0 Å². The fraction of sp³-hybridized carbons (Fsp3) is 0.273. The molecule has 0 spiro atoms. The molecule has 1 aliphatic rings. The summed E-state index contributed by atoms with van der Waals surface area (Å²) in [5.41, 5.74) is 2.31. The molecule has 0 amide bonds. The molecule has 4 rings (SSSR count). The molecule has 1 atom stereocenters. The Morgan fingerprint density at radius 1 is 1.07 bits per heavy atom. The van der Waals surface area contributed by atoms with E-state index >= 15 is 0 Å². The molecule has 1 aliphatic heterocycles. The van der Waals surface area contributed by atoms with Crippen molar-refractivity contribution < 1.29 is 9.90 Å². The van der Waals surface area contributed by atoms with E-state index in [4.69, 9.17) is 11.6 Å². The number of aromatic nitrogens is 1. The summed E-state index contributed by atoms with van der Waals surface area (Å²) < 4.78 is 0. The van der Waals surface area contributed by atoms with Crippen LogP contribution >= 0.6 is 11.6 Å². The second-order valence-electron chi connectivity index (χ2n) is 7.09. The van der Waals surface area contributed by atoms with Crippen molar-refractivity contribution in [3.63, 3.8) is 0 Å². The minimum absolute atomic E-state index is 0.0519. The van der Waals surface area contributed by atoms with Crippen LogP contribution in [0, 0.1) is 5.92 Å². The molecule has 5 heteroatoms. The summed E-state index contributed by atoms with van der Waals surface area (Å²) in [5.74, 6) is -0.934. The van der Waals surface area contributed by atoms with Crippen LogP contribution in [0.15, 0.2) is 60.9 Å². The average molecular weight is 381 g/mol. The van der Waals surface area contributed by atoms with Crippen molar-refractivity contribution in [3.8, 4) is 0 Å². The summed E-state index contributed by atoms with van der Waals surface area (Å²) in [6, 6.07) is 16.5. The molecular weight excluding hydrogens is 360 g/mol. The lowest BCUT2D eigenvalue weighted by molar-refractivity contribution is -0.143. The van der Waals surface area contributed by atoms with Gasteiger partial charge in [-0.15, -0.1) is 0 Å². The summed E-state index contributed by atoms with van der Waals surface area (Å²) in [6.07, 6.45) is 5.01. The van der Waals surface area contributed by atoms with Crippen molar-refractivity contribution >= 4 is 28.3 Å². The Hall–Kier alpha value is -2.43. The van der Waals surface area contributed by atoms with E-state index < -0.39 is 5.97 Å². The van der Waals surface area contributed by atoms with Crippen LogP contribution in [0.5, 0.6) is 0 Å². The largest absolute Gasteiger partial charge is 0.481 e. The molecule has 1 N–H and O–H groups in total. The number of halogens is 1. The fourth-order valence-corrected chi connectivity index (χ4v) is 4.17. The predicted octanol–water partition coefficient (Wildman–Crippen LogP) is 4.77. The molecular formula is C22H21ClN2O2. The van der Waals surface area contributed by atoms with Gasteiger partial charge in [0.25, 0.3) is 0 Å². The summed E-state index contributed by atoms with van der Waals surface area (Å²) in [4.78, 5) is 17.9. The minimum Gasteiger partial charge on any atom is -0.481 e. The number of pyridine rings is 1. The van der Waals surface area contributed by atoms with Crippen molar-refractivity contribution in [2.75, 3.05) is 13.1 Å². The summed E-state index contributed by atoms with van der Waals surface area (Å²) in [6.45, 7) is 1.51. The molecule has 138 valence electrons. The molecule has 0 saturated carbocycles. The highest BCUT2D eigenvalue weighted by Gasteiger charge is 2.30. The number of fused-ring (bicyclic) bond motifs is 1. The number of likely N-dealkylation sites (tertiary alicyclic amines) is 1. The van der Waals surface area contributed by atoms with Crippen LogP contribution in [-0.2, 0) is 4.79 Å². The molecule has 0 bridgehead atoms. The molecule has 27 heavy (non-hydrogen) atoms. The lowest BCUT2D eigenvalue weighted by atomic mass is 9.90. The molecule has 1 aromatic heterocycles. The number of piperidine rings is 1. The standard InChI is InChI=1S/C22H21ClN2O2/c23-20-3-1-2-17(13-20)21(25-10-7-15(8-11-25)22(26)27)18-4-5-19-14-24-9-6-16(19)12-18/h1-6,9,12-15,21H,7-8,10-11H2,(H,26,27). The summed E-state index contributed by atoms with van der Waals surface area (Å²) >= 11 is 6.27. The molecule has 0 aliphatic carbocycles. The van der Waals surface area contributed by atoms with Crippen molar-refractivity contribution in [3.05, 3.63) is 77.1 Å². The molecule has 1 fully saturated rings. The highest BCUT2D eigenvalue weighted by Crippen LogP contribution is 2.34. The highest BCUT2D eigenvalue weighted by atomic mass is 35.5. The summed E-state index contributed by atoms with van der Waals surface area (Å²) in [5, 5.41) is 12.3. The molecule has 1 unspecified atom stereocenters. The average Bonchev–Trinajstić information content (AvgIpc) is 2.68. The van der Waals surface area contributed by atoms with Gasteiger partial charge in [-0.25, -0.2) is 0 Å². The third-order valence-corrected chi connectivity index (χ3v) is 5.62. The van der Waals surface area contributed by atoms with Crippen molar-refractivity contribution in [2.24, 2.45) is 5.92 Å². The van der Waals surface area contributed by atoms with E-state index in [1.807, 2.05) is 30.5 Å². The summed E-state index contributed by atoms with van der Waals surface area (Å²) in [7, 11) is 0. The zero-order valence-corrected chi connectivity index (χ0v) is 15.6. The van der Waals surface area contributed by atoms with Crippen LogP contribution in [0.3, 0.4) is 0 Å². The topological polar surface area (TPSA) is 53.4 Å². The number of benzene rings is 2. The Morgan fingerprint density at radius 3 is 2.59 bits per heavy atom. The van der Waals surface area contributed by atoms with Gasteiger partial charge in [0, 0.05) is 22.8 Å². The number of carboxylic acid groups (broad SMARTS) is 1. The van der Waals surface area contributed by atoms with E-state index in [0.717, 1.165) is 29.4 Å². The smallest absolute Gasteiger partial charge is 0.306 e. The molecule has 1 saturated heterocycles. The van der Waals surface area contributed by atoms with Crippen LogP contribution < -0.4 is 0 Å². The Morgan fingerprint density at radius 2 is 1.85 bits per heavy atom. The normalized spacial score (nSPS) is 17.1. The fourth-order valence-electron chi connectivity index (χ4n) is 3.97. The van der Waals surface area contributed by atoms with E-state index in [1.54, 1.807) is 6.20 Å². The molecule has 4 nitrogen and oxygen atoms in total. The van der Waals surface area contributed by atoms with Gasteiger partial charge in [-0.05, 0) is 66.7 Å². The third-order valence-electron chi connectivity index (χ3n) is 5.39. The van der Waals surface area contributed by atoms with Gasteiger partial charge in [0.05, 0.1) is 12.0 Å². The second-order valence-corrected chi connectivity index (χ2v) is 7.52. The van der Waals surface area contributed by atoms with Gasteiger partial charge in [0.2, 0.25) is 0 Å². The number of hydrogen-bond donors (Lipinski definition) is 1. The van der Waals surface area contributed by atoms with E-state index in [9.17, 15) is 9.90 Å². The SMILES string of the molecule is O=C(O)C1CCN(C(c2cccc(Cl)c2)c2ccc3cnccc3c2)CC1. The van der Waals surface area contributed by atoms with Crippen molar-refractivity contribution in [1.82, 2.24) is 9.88 Å². The first-order valence-corrected chi connectivity index (χ1v) is 9.55. The van der Waals surface area contributed by atoms with Gasteiger partial charge >= 0.3 is 5.97 Å². The van der Waals surface area contributed by atoms with Crippen LogP contribution in [0.2, 0.25) is 5.02 Å². The molecule has 2 aromatic carbocycles. The minimum atomic E-state index is -0.688. The number of carboxylic acids is 1. The first kappa shape index (κ1) is 18.0. The van der Waals surface area contributed by atoms with Crippen LogP contribution in [-0.4, -0.2) is 34.0 Å². The first-order valence-electron chi connectivity index (χ1n) is 9.18. The number of aliphatic carboxylic acids is 1. The monoisotopic (exact) mass is 380 g/mol. The van der Waals surface area contributed by atoms with E-state index in [2.05, 4.69) is 34.1 Å². The Labute approximate surface area is 163 Å². The molecule has 0 radical (unpaired) electrons. The van der Waals surface area contributed by atoms with Crippen molar-refractivity contribution in [1.29, 1.82) is 0 Å². The third kappa shape index (κ3) is 3.82. The van der Waals surface area contributed by atoms with E-state index in [-0.39, 0.29) is 12.0 Å². The van der Waals surface area contributed by atoms with Gasteiger partial charge in [-0.1, -0.05) is 35.9 Å². The maximum Gasteiger partial charge on any atom is 0.306 e. The lowest BCUT2D eigenvalue weighted by Gasteiger charge is -2.37. The number of carbonyl (C=O) groups is 1. The number of rotatable bonds is 4. The Kier molecular flexibility index (Phi) is 5.10. The van der Waals surface area contributed by atoms with Crippen LogP contribution in [0.25, 0.3) is 10.8 Å². The van der Waals surface area contributed by atoms with Gasteiger partial charge in [0.15, 0.2) is 0 Å². The quantitative estimate of drug-likeness (QED) is 0.708. The van der Waals surface area contributed by atoms with Crippen molar-refractivity contribution in [2.45, 2.75) is 18.9 Å². The van der Waals surface area contributed by atoms with Gasteiger partial charge in [0.1, 0.15) is 0 Å². The van der Waals surface area contributed by atoms with Gasteiger partial charge < -0.3 is 5.11 Å². The van der Waals surface area contributed by atoms with E-state index in [1.165, 1.54) is 5.56 Å². The highest BCUT2D eigenvalue weighted by molar-refractivity contribution is 6.30. The maximum atomic E-state index is 11.3. The Bertz CT molecular complexity index is 967. The lowest BCUT2D eigenvalue weighted by Crippen LogP contribution is -2.39. The van der Waals surface area contributed by atoms with Gasteiger partial charge in [-0.3, -0.25) is 14.7 Å². The maximum absolute atomic E-state index is 11.3. The zero-order valence-electron chi connectivity index (χ0n) is 14.9. The number of hydrogen-bond acceptors (Lipinski definition) is 3. The number of nitrogens with zero attached hydrogens (tertiary/aromatic N) is 2. The predicted molar refractivity (Wildman–Crippen MR) is 107 cm³/mol. The van der Waals surface area contributed by atoms with E-state index in [0.29, 0.717) is 17.9 Å². The molecule has 3 aromatic rings. The molecule has 2 heterocycles. The van der Waals surface area contributed by atoms with Crippen LogP contribution in [0.4, 0.5) is 0 Å². The Balaban J connectivity index is 1.72. The first-order chi connectivity index (χ1) is 13.1. The zero-order chi connectivity index (χ0) is 18.8. The second kappa shape index (κ2) is 7.67. The van der Waals surface area contributed by atoms with Crippen LogP contribution in [0.1, 0.15) is 30.0 Å².